The quantitative estimate of drug-likeness (QED) is 0.655. The first-order valence-corrected chi connectivity index (χ1v) is 10.1. The third-order valence-electron chi connectivity index (χ3n) is 4.60. The van der Waals surface area contributed by atoms with Crippen LogP contribution in [0.1, 0.15) is 17.5 Å². The van der Waals surface area contributed by atoms with Crippen molar-refractivity contribution in [3.05, 3.63) is 58.1 Å². The van der Waals surface area contributed by atoms with Crippen LogP contribution in [0.4, 0.5) is 5.69 Å². The molecule has 0 saturated carbocycles. The highest BCUT2D eigenvalue weighted by atomic mass is 32.2. The number of nitrogens with zero attached hydrogens (tertiary/aromatic N) is 1. The number of carbonyl (C=O) groups is 1. The molecule has 3 aromatic rings. The zero-order valence-electron chi connectivity index (χ0n) is 15.8. The summed E-state index contributed by atoms with van der Waals surface area (Å²) >= 11 is 0. The Labute approximate surface area is 162 Å². The molecule has 8 nitrogen and oxygen atoms in total. The second-order valence-corrected chi connectivity index (χ2v) is 8.27. The lowest BCUT2D eigenvalue weighted by Crippen LogP contribution is -2.28. The minimum Gasteiger partial charge on any atom is -0.408 e. The fourth-order valence-corrected chi connectivity index (χ4v) is 3.81. The number of benzene rings is 2. The molecule has 0 aliphatic rings. The van der Waals surface area contributed by atoms with Crippen molar-refractivity contribution in [2.45, 2.75) is 25.2 Å². The van der Waals surface area contributed by atoms with Crippen LogP contribution in [0.3, 0.4) is 0 Å². The zero-order valence-corrected chi connectivity index (χ0v) is 16.6. The summed E-state index contributed by atoms with van der Waals surface area (Å²) in [7, 11) is -2.30. The number of hydrogen-bond donors (Lipinski definition) is 2. The minimum atomic E-state index is -3.84. The molecule has 0 bridgehead atoms. The summed E-state index contributed by atoms with van der Waals surface area (Å²) in [6.07, 6.45) is -0.0186. The van der Waals surface area contributed by atoms with Crippen molar-refractivity contribution in [2.24, 2.45) is 7.05 Å². The number of rotatable bonds is 6. The van der Waals surface area contributed by atoms with Crippen LogP contribution < -0.4 is 15.8 Å². The van der Waals surface area contributed by atoms with Gasteiger partial charge in [-0.1, -0.05) is 12.1 Å². The SMILES string of the molecule is Cc1cccc(NC(=O)CCNS(=O)(=O)c2ccc3c(c2)oc(=O)n3C)c1C. The van der Waals surface area contributed by atoms with E-state index in [-0.39, 0.29) is 29.4 Å². The number of anilines is 1. The van der Waals surface area contributed by atoms with Crippen molar-refractivity contribution in [1.29, 1.82) is 0 Å². The van der Waals surface area contributed by atoms with Gasteiger partial charge in [-0.2, -0.15) is 0 Å². The van der Waals surface area contributed by atoms with Crippen molar-refractivity contribution in [1.82, 2.24) is 9.29 Å². The van der Waals surface area contributed by atoms with E-state index in [9.17, 15) is 18.0 Å². The Kier molecular flexibility index (Phi) is 5.39. The third-order valence-corrected chi connectivity index (χ3v) is 6.06. The van der Waals surface area contributed by atoms with Crippen molar-refractivity contribution < 1.29 is 17.6 Å². The molecule has 28 heavy (non-hydrogen) atoms. The van der Waals surface area contributed by atoms with Gasteiger partial charge in [-0.3, -0.25) is 9.36 Å². The Balaban J connectivity index is 1.64. The van der Waals surface area contributed by atoms with Gasteiger partial charge in [0.15, 0.2) is 5.58 Å². The first-order valence-electron chi connectivity index (χ1n) is 8.64. The lowest BCUT2D eigenvalue weighted by Gasteiger charge is -2.11. The van der Waals surface area contributed by atoms with E-state index < -0.39 is 15.8 Å². The van der Waals surface area contributed by atoms with Crippen molar-refractivity contribution in [3.8, 4) is 0 Å². The summed E-state index contributed by atoms with van der Waals surface area (Å²) in [5.74, 6) is -0.860. The van der Waals surface area contributed by atoms with Crippen LogP contribution in [-0.4, -0.2) is 25.4 Å². The lowest BCUT2D eigenvalue weighted by molar-refractivity contribution is -0.116. The molecular weight excluding hydrogens is 382 g/mol. The van der Waals surface area contributed by atoms with E-state index in [1.807, 2.05) is 26.0 Å². The van der Waals surface area contributed by atoms with E-state index in [1.165, 1.54) is 29.8 Å². The van der Waals surface area contributed by atoms with Gasteiger partial charge in [-0.15, -0.1) is 0 Å². The molecule has 0 unspecified atom stereocenters. The lowest BCUT2D eigenvalue weighted by atomic mass is 10.1. The molecule has 148 valence electrons. The van der Waals surface area contributed by atoms with Crippen molar-refractivity contribution in [3.63, 3.8) is 0 Å². The molecule has 9 heteroatoms. The zero-order chi connectivity index (χ0) is 20.5. The standard InChI is InChI=1S/C19H21N3O5S/c1-12-5-4-6-15(13(12)2)21-18(23)9-10-20-28(25,26)14-7-8-16-17(11-14)27-19(24)22(16)3/h4-8,11,20H,9-10H2,1-3H3,(H,21,23). The molecule has 1 heterocycles. The maximum atomic E-state index is 12.4. The highest BCUT2D eigenvalue weighted by Crippen LogP contribution is 2.19. The van der Waals surface area contributed by atoms with E-state index in [1.54, 1.807) is 6.07 Å². The molecule has 2 aromatic carbocycles. The number of hydrogen-bond acceptors (Lipinski definition) is 5. The number of oxazole rings is 1. The van der Waals surface area contributed by atoms with Crippen molar-refractivity contribution >= 4 is 32.7 Å². The number of aryl methyl sites for hydroxylation is 2. The van der Waals surface area contributed by atoms with E-state index in [0.717, 1.165) is 11.1 Å². The Hall–Kier alpha value is -2.91. The smallest absolute Gasteiger partial charge is 0.408 e. The molecule has 3 rings (SSSR count). The van der Waals surface area contributed by atoms with Gasteiger partial charge in [0.05, 0.1) is 10.4 Å². The Morgan fingerprint density at radius 2 is 1.93 bits per heavy atom. The topological polar surface area (TPSA) is 110 Å². The largest absolute Gasteiger partial charge is 0.419 e. The molecule has 1 aromatic heterocycles. The van der Waals surface area contributed by atoms with Gasteiger partial charge >= 0.3 is 5.76 Å². The molecule has 0 aliphatic carbocycles. The first-order chi connectivity index (χ1) is 13.2. The van der Waals surface area contributed by atoms with E-state index >= 15 is 0 Å². The van der Waals surface area contributed by atoms with E-state index in [4.69, 9.17) is 4.42 Å². The summed E-state index contributed by atoms with van der Waals surface area (Å²) < 4.78 is 33.6. The van der Waals surface area contributed by atoms with Crippen LogP contribution in [-0.2, 0) is 21.9 Å². The Bertz CT molecular complexity index is 1210. The van der Waals surface area contributed by atoms with Crippen LogP contribution in [0.2, 0.25) is 0 Å². The van der Waals surface area contributed by atoms with Gasteiger partial charge in [0.2, 0.25) is 15.9 Å². The molecule has 0 radical (unpaired) electrons. The second-order valence-electron chi connectivity index (χ2n) is 6.50. The van der Waals surface area contributed by atoms with Crippen LogP contribution in [0.25, 0.3) is 11.1 Å². The summed E-state index contributed by atoms with van der Waals surface area (Å²) in [6.45, 7) is 3.80. The molecule has 0 atom stereocenters. The van der Waals surface area contributed by atoms with Gasteiger partial charge in [0, 0.05) is 31.8 Å². The van der Waals surface area contributed by atoms with Crippen LogP contribution in [0.15, 0.2) is 50.5 Å². The molecular formula is C19H21N3O5S. The summed E-state index contributed by atoms with van der Waals surface area (Å²) in [5, 5.41) is 2.78. The summed E-state index contributed by atoms with van der Waals surface area (Å²) in [4.78, 5) is 23.6. The van der Waals surface area contributed by atoms with Crippen LogP contribution in [0, 0.1) is 13.8 Å². The fraction of sp³-hybridized carbons (Fsp3) is 0.263. The molecule has 1 amide bonds. The number of amides is 1. The van der Waals surface area contributed by atoms with Gasteiger partial charge in [-0.05, 0) is 43.2 Å². The second kappa shape index (κ2) is 7.61. The average molecular weight is 403 g/mol. The van der Waals surface area contributed by atoms with Gasteiger partial charge in [0.1, 0.15) is 0 Å². The van der Waals surface area contributed by atoms with Gasteiger partial charge in [0.25, 0.3) is 0 Å². The highest BCUT2D eigenvalue weighted by Gasteiger charge is 2.17. The minimum absolute atomic E-state index is 0.0186. The Morgan fingerprint density at radius 1 is 1.18 bits per heavy atom. The predicted octanol–water partition coefficient (Wildman–Crippen LogP) is 2.06. The monoisotopic (exact) mass is 403 g/mol. The fourth-order valence-electron chi connectivity index (χ4n) is 2.76. The van der Waals surface area contributed by atoms with E-state index in [2.05, 4.69) is 10.0 Å². The number of fused-ring (bicyclic) bond motifs is 1. The first kappa shape index (κ1) is 19.8. The highest BCUT2D eigenvalue weighted by molar-refractivity contribution is 7.89. The third kappa shape index (κ3) is 4.00. The molecule has 0 aliphatic heterocycles. The number of carbonyl (C=O) groups excluding carboxylic acids is 1. The van der Waals surface area contributed by atoms with Gasteiger partial charge < -0.3 is 9.73 Å². The predicted molar refractivity (Wildman–Crippen MR) is 106 cm³/mol. The summed E-state index contributed by atoms with van der Waals surface area (Å²) in [6, 6.07) is 9.77. The number of sulfonamides is 1. The molecule has 0 fully saturated rings. The summed E-state index contributed by atoms with van der Waals surface area (Å²) in [5.41, 5.74) is 3.41. The molecule has 2 N–H and O–H groups in total. The van der Waals surface area contributed by atoms with E-state index in [0.29, 0.717) is 11.2 Å². The Morgan fingerprint density at radius 3 is 2.68 bits per heavy atom. The molecule has 0 spiro atoms. The molecule has 0 saturated heterocycles. The van der Waals surface area contributed by atoms with Gasteiger partial charge in [-0.25, -0.2) is 17.9 Å². The van der Waals surface area contributed by atoms with Crippen molar-refractivity contribution in [2.75, 3.05) is 11.9 Å². The average Bonchev–Trinajstić information content (AvgIpc) is 2.92. The maximum Gasteiger partial charge on any atom is 0.419 e. The van der Waals surface area contributed by atoms with Crippen LogP contribution >= 0.6 is 0 Å². The maximum absolute atomic E-state index is 12.4. The van der Waals surface area contributed by atoms with Crippen LogP contribution in [0.5, 0.6) is 0 Å². The normalized spacial score (nSPS) is 11.7. The number of nitrogens with one attached hydrogen (secondary N) is 2. The number of aromatic nitrogens is 1.